The van der Waals surface area contributed by atoms with Crippen molar-refractivity contribution in [3.05, 3.63) is 78.4 Å². The first-order chi connectivity index (χ1) is 12.3. The molecule has 1 unspecified atom stereocenters. The monoisotopic (exact) mass is 329 g/mol. The Morgan fingerprint density at radius 2 is 1.52 bits per heavy atom. The maximum atomic E-state index is 13.2. The summed E-state index contributed by atoms with van der Waals surface area (Å²) in [6, 6.07) is 24.5. The minimum atomic E-state index is -0.0670. The summed E-state index contributed by atoms with van der Waals surface area (Å²) in [6.45, 7) is 0. The van der Waals surface area contributed by atoms with Crippen LogP contribution in [0.5, 0.6) is 0 Å². The molecule has 1 saturated carbocycles. The highest BCUT2D eigenvalue weighted by Gasteiger charge is 2.32. The molecule has 0 radical (unpaired) electrons. The predicted molar refractivity (Wildman–Crippen MR) is 104 cm³/mol. The average Bonchev–Trinajstić information content (AvgIpc) is 3.17. The quantitative estimate of drug-likeness (QED) is 0.648. The molecule has 0 spiro atoms. The summed E-state index contributed by atoms with van der Waals surface area (Å²) >= 11 is 0. The van der Waals surface area contributed by atoms with Gasteiger partial charge in [-0.25, -0.2) is 0 Å². The average molecular weight is 329 g/mol. The van der Waals surface area contributed by atoms with Crippen LogP contribution in [-0.4, -0.2) is 5.91 Å². The number of carbonyl (C=O) groups is 1. The molecule has 1 fully saturated rings. The van der Waals surface area contributed by atoms with Crippen molar-refractivity contribution in [2.45, 2.75) is 31.6 Å². The molecule has 3 aromatic rings. The lowest BCUT2D eigenvalue weighted by Crippen LogP contribution is -2.26. The number of hydrogen-bond acceptors (Lipinski definition) is 1. The largest absolute Gasteiger partial charge is 0.325 e. The zero-order valence-corrected chi connectivity index (χ0v) is 14.3. The standard InChI is InChI=1S/C23H23NO/c25-23(24-21-16-8-14-17-9-6-7-15-20(17)21)22(19-12-4-5-13-19)18-10-2-1-3-11-18/h1-3,6-11,14-16,19,22H,4-5,12-13H2,(H,24,25). The summed E-state index contributed by atoms with van der Waals surface area (Å²) in [5.41, 5.74) is 2.04. The van der Waals surface area contributed by atoms with E-state index in [2.05, 4.69) is 35.6 Å². The molecule has 0 heterocycles. The van der Waals surface area contributed by atoms with Gasteiger partial charge in [-0.1, -0.05) is 79.6 Å². The van der Waals surface area contributed by atoms with Gasteiger partial charge in [0.15, 0.2) is 0 Å². The van der Waals surface area contributed by atoms with Crippen LogP contribution in [0.15, 0.2) is 72.8 Å². The zero-order valence-electron chi connectivity index (χ0n) is 14.3. The van der Waals surface area contributed by atoms with E-state index in [9.17, 15) is 4.79 Å². The molecule has 1 amide bonds. The molecule has 0 aliphatic heterocycles. The maximum absolute atomic E-state index is 13.2. The summed E-state index contributed by atoms with van der Waals surface area (Å²) in [6.07, 6.45) is 4.75. The lowest BCUT2D eigenvalue weighted by atomic mass is 9.84. The molecular formula is C23H23NO. The Morgan fingerprint density at radius 3 is 2.32 bits per heavy atom. The summed E-state index contributed by atoms with van der Waals surface area (Å²) in [4.78, 5) is 13.2. The first kappa shape index (κ1) is 15.9. The van der Waals surface area contributed by atoms with Crippen LogP contribution < -0.4 is 5.32 Å². The normalized spacial score (nSPS) is 16.0. The summed E-state index contributed by atoms with van der Waals surface area (Å²) in [7, 11) is 0. The van der Waals surface area contributed by atoms with Gasteiger partial charge in [0.1, 0.15) is 0 Å². The van der Waals surface area contributed by atoms with Crippen molar-refractivity contribution >= 4 is 22.4 Å². The van der Waals surface area contributed by atoms with Gasteiger partial charge in [0.25, 0.3) is 0 Å². The van der Waals surface area contributed by atoms with Gasteiger partial charge < -0.3 is 5.32 Å². The van der Waals surface area contributed by atoms with E-state index in [4.69, 9.17) is 0 Å². The highest BCUT2D eigenvalue weighted by Crippen LogP contribution is 2.38. The van der Waals surface area contributed by atoms with Crippen molar-refractivity contribution in [1.29, 1.82) is 0 Å². The van der Waals surface area contributed by atoms with Crippen LogP contribution in [0.2, 0.25) is 0 Å². The molecule has 0 aromatic heterocycles. The minimum absolute atomic E-state index is 0.0670. The van der Waals surface area contributed by atoms with Gasteiger partial charge >= 0.3 is 0 Å². The molecule has 3 aromatic carbocycles. The van der Waals surface area contributed by atoms with Crippen molar-refractivity contribution in [3.63, 3.8) is 0 Å². The molecular weight excluding hydrogens is 306 g/mol. The van der Waals surface area contributed by atoms with Crippen molar-refractivity contribution in [1.82, 2.24) is 0 Å². The molecule has 0 saturated heterocycles. The van der Waals surface area contributed by atoms with E-state index in [1.165, 1.54) is 12.8 Å². The predicted octanol–water partition coefficient (Wildman–Crippen LogP) is 5.75. The molecule has 4 rings (SSSR count). The van der Waals surface area contributed by atoms with Crippen LogP contribution in [0.4, 0.5) is 5.69 Å². The SMILES string of the molecule is O=C(Nc1cccc2ccccc12)C(c1ccccc1)C1CCCC1. The van der Waals surface area contributed by atoms with Gasteiger partial charge in [-0.2, -0.15) is 0 Å². The molecule has 2 heteroatoms. The molecule has 2 nitrogen and oxygen atoms in total. The molecule has 1 aliphatic rings. The van der Waals surface area contributed by atoms with Crippen molar-refractivity contribution < 1.29 is 4.79 Å². The Hall–Kier alpha value is -2.61. The summed E-state index contributed by atoms with van der Waals surface area (Å²) < 4.78 is 0. The molecule has 0 bridgehead atoms. The Balaban J connectivity index is 1.66. The summed E-state index contributed by atoms with van der Waals surface area (Å²) in [5.74, 6) is 0.495. The number of hydrogen-bond donors (Lipinski definition) is 1. The van der Waals surface area contributed by atoms with Crippen molar-refractivity contribution in [2.24, 2.45) is 5.92 Å². The van der Waals surface area contributed by atoms with E-state index in [1.54, 1.807) is 0 Å². The fraction of sp³-hybridized carbons (Fsp3) is 0.261. The van der Waals surface area contributed by atoms with E-state index in [-0.39, 0.29) is 11.8 Å². The smallest absolute Gasteiger partial charge is 0.232 e. The number of carbonyl (C=O) groups excluding carboxylic acids is 1. The number of rotatable bonds is 4. The van der Waals surface area contributed by atoms with Crippen LogP contribution in [0.25, 0.3) is 10.8 Å². The number of amides is 1. The van der Waals surface area contributed by atoms with Crippen molar-refractivity contribution in [2.75, 3.05) is 5.32 Å². The first-order valence-corrected chi connectivity index (χ1v) is 9.16. The van der Waals surface area contributed by atoms with Gasteiger partial charge in [-0.3, -0.25) is 4.79 Å². The van der Waals surface area contributed by atoms with Crippen LogP contribution in [0, 0.1) is 5.92 Å². The van der Waals surface area contributed by atoms with Gasteiger partial charge in [0, 0.05) is 11.1 Å². The molecule has 1 N–H and O–H groups in total. The third-order valence-electron chi connectivity index (χ3n) is 5.36. The summed E-state index contributed by atoms with van der Waals surface area (Å²) in [5, 5.41) is 5.47. The Kier molecular flexibility index (Phi) is 4.51. The zero-order chi connectivity index (χ0) is 17.1. The van der Waals surface area contributed by atoms with Gasteiger partial charge in [-0.15, -0.1) is 0 Å². The number of fused-ring (bicyclic) bond motifs is 1. The van der Waals surface area contributed by atoms with Crippen LogP contribution in [-0.2, 0) is 4.79 Å². The molecule has 25 heavy (non-hydrogen) atoms. The maximum Gasteiger partial charge on any atom is 0.232 e. The highest BCUT2D eigenvalue weighted by molar-refractivity contribution is 6.04. The number of nitrogens with one attached hydrogen (secondary N) is 1. The topological polar surface area (TPSA) is 29.1 Å². The first-order valence-electron chi connectivity index (χ1n) is 9.16. The fourth-order valence-electron chi connectivity index (χ4n) is 4.13. The van der Waals surface area contributed by atoms with Crippen LogP contribution in [0.3, 0.4) is 0 Å². The highest BCUT2D eigenvalue weighted by atomic mass is 16.1. The molecule has 126 valence electrons. The third kappa shape index (κ3) is 3.30. The van der Waals surface area contributed by atoms with Crippen LogP contribution in [0.1, 0.15) is 37.2 Å². The third-order valence-corrected chi connectivity index (χ3v) is 5.36. The van der Waals surface area contributed by atoms with Crippen LogP contribution >= 0.6 is 0 Å². The Labute approximate surface area is 148 Å². The molecule has 1 aliphatic carbocycles. The number of benzene rings is 3. The van der Waals surface area contributed by atoms with E-state index >= 15 is 0 Å². The fourth-order valence-corrected chi connectivity index (χ4v) is 4.13. The van der Waals surface area contributed by atoms with Gasteiger partial charge in [0.05, 0.1) is 5.92 Å². The lowest BCUT2D eigenvalue weighted by molar-refractivity contribution is -0.118. The Morgan fingerprint density at radius 1 is 0.840 bits per heavy atom. The van der Waals surface area contributed by atoms with Crippen molar-refractivity contribution in [3.8, 4) is 0 Å². The second-order valence-electron chi connectivity index (χ2n) is 6.95. The Bertz CT molecular complexity index is 860. The van der Waals surface area contributed by atoms with Gasteiger partial charge in [0.2, 0.25) is 5.91 Å². The molecule has 1 atom stereocenters. The van der Waals surface area contributed by atoms with E-state index in [1.807, 2.05) is 42.5 Å². The second kappa shape index (κ2) is 7.10. The van der Waals surface area contributed by atoms with E-state index in [0.717, 1.165) is 34.9 Å². The minimum Gasteiger partial charge on any atom is -0.325 e. The second-order valence-corrected chi connectivity index (χ2v) is 6.95. The lowest BCUT2D eigenvalue weighted by Gasteiger charge is -2.23. The van der Waals surface area contributed by atoms with Gasteiger partial charge in [-0.05, 0) is 35.8 Å². The van der Waals surface area contributed by atoms with E-state index in [0.29, 0.717) is 5.92 Å². The number of anilines is 1. The van der Waals surface area contributed by atoms with E-state index < -0.39 is 0 Å².